The van der Waals surface area contributed by atoms with Gasteiger partial charge in [-0.25, -0.2) is 0 Å². The first kappa shape index (κ1) is 10.8. The second kappa shape index (κ2) is 6.49. The fourth-order valence-corrected chi connectivity index (χ4v) is 0.890. The van der Waals surface area contributed by atoms with Crippen LogP contribution in [0.5, 0.6) is 0 Å². The van der Waals surface area contributed by atoms with Crippen molar-refractivity contribution in [1.82, 2.24) is 5.32 Å². The summed E-state index contributed by atoms with van der Waals surface area (Å²) in [6, 6.07) is 0. The van der Waals surface area contributed by atoms with Crippen LogP contribution in [0.4, 0.5) is 8.78 Å². The van der Waals surface area contributed by atoms with Crippen LogP contribution in [0.25, 0.3) is 0 Å². The van der Waals surface area contributed by atoms with E-state index < -0.39 is 6.61 Å². The molecule has 1 unspecified atom stereocenters. The van der Waals surface area contributed by atoms with Gasteiger partial charge in [0.1, 0.15) is 0 Å². The molecule has 0 bridgehead atoms. The molecule has 0 aromatic rings. The highest BCUT2D eigenvalue weighted by molar-refractivity contribution is 4.70. The zero-order chi connectivity index (χ0) is 8.69. The van der Waals surface area contributed by atoms with Gasteiger partial charge in [0, 0.05) is 6.54 Å². The van der Waals surface area contributed by atoms with E-state index in [0.717, 1.165) is 6.54 Å². The molecule has 4 heteroatoms. The molecule has 68 valence electrons. The first-order valence-electron chi connectivity index (χ1n) is 3.93. The van der Waals surface area contributed by atoms with E-state index in [1.807, 2.05) is 13.8 Å². The smallest absolute Gasteiger partial charge is 0.318 e. The Morgan fingerprint density at radius 3 is 2.45 bits per heavy atom. The Hall–Kier alpha value is -0.220. The zero-order valence-electron chi connectivity index (χ0n) is 6.94. The van der Waals surface area contributed by atoms with Crippen LogP contribution >= 0.6 is 0 Å². The minimum atomic E-state index is -2.62. The van der Waals surface area contributed by atoms with E-state index in [-0.39, 0.29) is 6.10 Å². The zero-order valence-corrected chi connectivity index (χ0v) is 6.94. The molecule has 0 radical (unpaired) electrons. The van der Waals surface area contributed by atoms with Crippen LogP contribution in [0.15, 0.2) is 0 Å². The summed E-state index contributed by atoms with van der Waals surface area (Å²) in [4.78, 5) is 0. The molecule has 1 heterocycles. The highest BCUT2D eigenvalue weighted by Crippen LogP contribution is 2.07. The summed E-state index contributed by atoms with van der Waals surface area (Å²) in [5.41, 5.74) is 0. The van der Waals surface area contributed by atoms with E-state index >= 15 is 0 Å². The molecule has 1 aliphatic heterocycles. The number of ether oxygens (including phenoxy) is 1. The maximum Gasteiger partial charge on any atom is 0.345 e. The third kappa shape index (κ3) is 5.09. The summed E-state index contributed by atoms with van der Waals surface area (Å²) in [7, 11) is 0. The summed E-state index contributed by atoms with van der Waals surface area (Å²) in [6.45, 7) is 2.73. The van der Waals surface area contributed by atoms with Crippen LogP contribution in [-0.2, 0) is 4.74 Å². The lowest BCUT2D eigenvalue weighted by Gasteiger charge is -2.07. The van der Waals surface area contributed by atoms with Gasteiger partial charge in [-0.15, -0.1) is 0 Å². The standard InChI is InChI=1S/C5H9F2NO.C2H6/c6-5(7)9-4-1-2-8-3-4;1-2/h4-5,8H,1-3H2;1-2H3. The van der Waals surface area contributed by atoms with Crippen LogP contribution in [0.2, 0.25) is 0 Å². The lowest BCUT2D eigenvalue weighted by atomic mass is 10.3. The first-order valence-corrected chi connectivity index (χ1v) is 3.93. The quantitative estimate of drug-likeness (QED) is 0.674. The Labute approximate surface area is 65.9 Å². The monoisotopic (exact) mass is 167 g/mol. The fraction of sp³-hybridized carbons (Fsp3) is 1.00. The number of nitrogens with one attached hydrogen (secondary N) is 1. The van der Waals surface area contributed by atoms with Crippen LogP contribution in [0, 0.1) is 0 Å². The van der Waals surface area contributed by atoms with Gasteiger partial charge in [0.2, 0.25) is 0 Å². The van der Waals surface area contributed by atoms with E-state index in [9.17, 15) is 8.78 Å². The fourth-order valence-electron chi connectivity index (χ4n) is 0.890. The largest absolute Gasteiger partial charge is 0.345 e. The number of hydrogen-bond acceptors (Lipinski definition) is 2. The van der Waals surface area contributed by atoms with Crippen molar-refractivity contribution in [3.05, 3.63) is 0 Å². The van der Waals surface area contributed by atoms with E-state index in [1.54, 1.807) is 0 Å². The van der Waals surface area contributed by atoms with Crippen molar-refractivity contribution >= 4 is 0 Å². The number of hydrogen-bond donors (Lipinski definition) is 1. The minimum absolute atomic E-state index is 0.273. The van der Waals surface area contributed by atoms with Crippen LogP contribution < -0.4 is 5.32 Å². The molecular weight excluding hydrogens is 152 g/mol. The molecule has 1 atom stereocenters. The van der Waals surface area contributed by atoms with Gasteiger partial charge >= 0.3 is 6.61 Å². The highest BCUT2D eigenvalue weighted by atomic mass is 19.3. The predicted molar refractivity (Wildman–Crippen MR) is 39.7 cm³/mol. The number of alkyl halides is 2. The molecule has 1 rings (SSSR count). The average molecular weight is 167 g/mol. The van der Waals surface area contributed by atoms with E-state index in [0.29, 0.717) is 13.0 Å². The Morgan fingerprint density at radius 2 is 2.09 bits per heavy atom. The van der Waals surface area contributed by atoms with E-state index in [2.05, 4.69) is 10.1 Å². The van der Waals surface area contributed by atoms with Gasteiger partial charge < -0.3 is 10.1 Å². The lowest BCUT2D eigenvalue weighted by Crippen LogP contribution is -2.19. The second-order valence-electron chi connectivity index (χ2n) is 2.01. The third-order valence-corrected chi connectivity index (χ3v) is 1.31. The molecule has 11 heavy (non-hydrogen) atoms. The number of rotatable bonds is 2. The SMILES string of the molecule is CC.FC(F)OC1CCNC1. The summed E-state index contributed by atoms with van der Waals surface area (Å²) in [6.07, 6.45) is 0.426. The summed E-state index contributed by atoms with van der Waals surface area (Å²) < 4.78 is 27.1. The van der Waals surface area contributed by atoms with Crippen molar-refractivity contribution in [3.8, 4) is 0 Å². The Balaban J connectivity index is 0.000000461. The predicted octanol–water partition coefficient (Wildman–Crippen LogP) is 1.61. The molecule has 2 nitrogen and oxygen atoms in total. The minimum Gasteiger partial charge on any atom is -0.318 e. The Morgan fingerprint density at radius 1 is 1.45 bits per heavy atom. The summed E-state index contributed by atoms with van der Waals surface area (Å²) in [5, 5.41) is 2.92. The average Bonchev–Trinajstić information content (AvgIpc) is 2.43. The maximum absolute atomic E-state index is 11.4. The van der Waals surface area contributed by atoms with Gasteiger partial charge in [0.25, 0.3) is 0 Å². The van der Waals surface area contributed by atoms with Crippen LogP contribution in [0.1, 0.15) is 20.3 Å². The molecule has 1 aliphatic rings. The van der Waals surface area contributed by atoms with Crippen LogP contribution in [-0.4, -0.2) is 25.8 Å². The normalized spacial score (nSPS) is 23.2. The molecule has 1 N–H and O–H groups in total. The number of halogens is 2. The third-order valence-electron chi connectivity index (χ3n) is 1.31. The summed E-state index contributed by atoms with van der Waals surface area (Å²) in [5.74, 6) is 0. The molecule has 0 aromatic heterocycles. The van der Waals surface area contributed by atoms with Gasteiger partial charge in [-0.1, -0.05) is 13.8 Å². The Bertz CT molecular complexity index is 84.5. The van der Waals surface area contributed by atoms with Gasteiger partial charge in [0.15, 0.2) is 0 Å². The highest BCUT2D eigenvalue weighted by Gasteiger charge is 2.18. The molecule has 1 saturated heterocycles. The molecular formula is C7H15F2NO. The molecule has 0 aliphatic carbocycles. The van der Waals surface area contributed by atoms with Gasteiger partial charge in [0.05, 0.1) is 6.10 Å². The van der Waals surface area contributed by atoms with Crippen molar-refractivity contribution in [2.45, 2.75) is 33.0 Å². The first-order chi connectivity index (χ1) is 5.29. The van der Waals surface area contributed by atoms with Gasteiger partial charge in [-0.2, -0.15) is 8.78 Å². The van der Waals surface area contributed by atoms with E-state index in [1.165, 1.54) is 0 Å². The molecule has 0 saturated carbocycles. The Kier molecular flexibility index (Phi) is 6.36. The van der Waals surface area contributed by atoms with Crippen molar-refractivity contribution in [2.75, 3.05) is 13.1 Å². The molecule has 0 amide bonds. The second-order valence-corrected chi connectivity index (χ2v) is 2.01. The molecule has 0 spiro atoms. The lowest BCUT2D eigenvalue weighted by molar-refractivity contribution is -0.156. The van der Waals surface area contributed by atoms with Gasteiger partial charge in [-0.3, -0.25) is 0 Å². The van der Waals surface area contributed by atoms with Crippen molar-refractivity contribution < 1.29 is 13.5 Å². The molecule has 1 fully saturated rings. The van der Waals surface area contributed by atoms with E-state index in [4.69, 9.17) is 0 Å². The summed E-state index contributed by atoms with van der Waals surface area (Å²) >= 11 is 0. The van der Waals surface area contributed by atoms with Crippen LogP contribution in [0.3, 0.4) is 0 Å². The molecule has 0 aromatic carbocycles. The topological polar surface area (TPSA) is 21.3 Å². The van der Waals surface area contributed by atoms with Gasteiger partial charge in [-0.05, 0) is 13.0 Å². The van der Waals surface area contributed by atoms with Crippen molar-refractivity contribution in [3.63, 3.8) is 0 Å². The maximum atomic E-state index is 11.4. The van der Waals surface area contributed by atoms with Crippen molar-refractivity contribution in [2.24, 2.45) is 0 Å². The van der Waals surface area contributed by atoms with Crippen molar-refractivity contribution in [1.29, 1.82) is 0 Å².